The standard InChI is InChI=1S/C17H27N3O3S2/c1-5-19(6-2)25(22,23)20-11-9-18(10-12-20)17(21)16-13-15(24-4)8-7-14(16)3/h7-8,13H,5-6,9-12H2,1-4H3. The van der Waals surface area contributed by atoms with Gasteiger partial charge in [-0.25, -0.2) is 0 Å². The highest BCUT2D eigenvalue weighted by atomic mass is 32.2. The van der Waals surface area contributed by atoms with Gasteiger partial charge in [0, 0.05) is 49.7 Å². The van der Waals surface area contributed by atoms with Crippen LogP contribution in [0.4, 0.5) is 0 Å². The molecule has 1 amide bonds. The summed E-state index contributed by atoms with van der Waals surface area (Å²) in [6.45, 7) is 8.03. The third-order valence-electron chi connectivity index (χ3n) is 4.56. The summed E-state index contributed by atoms with van der Waals surface area (Å²) in [4.78, 5) is 15.6. The van der Waals surface area contributed by atoms with Crippen LogP contribution in [0.2, 0.25) is 0 Å². The lowest BCUT2D eigenvalue weighted by Crippen LogP contribution is -2.54. The fourth-order valence-corrected chi connectivity index (χ4v) is 5.01. The first-order chi connectivity index (χ1) is 11.8. The first kappa shape index (κ1) is 20.2. The zero-order chi connectivity index (χ0) is 18.6. The Morgan fingerprint density at radius 2 is 1.76 bits per heavy atom. The van der Waals surface area contributed by atoms with Crippen molar-refractivity contribution in [2.75, 3.05) is 45.5 Å². The molecule has 2 rings (SSSR count). The summed E-state index contributed by atoms with van der Waals surface area (Å²) in [5, 5.41) is 0. The SMILES string of the molecule is CCN(CC)S(=O)(=O)N1CCN(C(=O)c2cc(SC)ccc2C)CC1. The highest BCUT2D eigenvalue weighted by Crippen LogP contribution is 2.21. The number of nitrogens with zero attached hydrogens (tertiary/aromatic N) is 3. The largest absolute Gasteiger partial charge is 0.336 e. The summed E-state index contributed by atoms with van der Waals surface area (Å²) in [7, 11) is -3.43. The molecule has 1 fully saturated rings. The van der Waals surface area contributed by atoms with Crippen molar-refractivity contribution in [2.45, 2.75) is 25.7 Å². The van der Waals surface area contributed by atoms with Gasteiger partial charge in [-0.1, -0.05) is 19.9 Å². The second-order valence-corrected chi connectivity index (χ2v) is 8.77. The molecule has 0 unspecified atom stereocenters. The lowest BCUT2D eigenvalue weighted by molar-refractivity contribution is 0.0693. The van der Waals surface area contributed by atoms with Gasteiger partial charge in [-0.15, -0.1) is 11.8 Å². The number of hydrogen-bond donors (Lipinski definition) is 0. The second-order valence-electron chi connectivity index (χ2n) is 5.96. The van der Waals surface area contributed by atoms with Crippen LogP contribution in [0.15, 0.2) is 23.1 Å². The summed E-state index contributed by atoms with van der Waals surface area (Å²) in [6, 6.07) is 5.88. The monoisotopic (exact) mass is 385 g/mol. The van der Waals surface area contributed by atoms with Crippen molar-refractivity contribution in [1.29, 1.82) is 0 Å². The smallest absolute Gasteiger partial charge is 0.282 e. The Hall–Kier alpha value is -1.09. The maximum atomic E-state index is 12.8. The molecule has 0 atom stereocenters. The van der Waals surface area contributed by atoms with Crippen LogP contribution in [0.1, 0.15) is 29.8 Å². The Labute approximate surface area is 155 Å². The summed E-state index contributed by atoms with van der Waals surface area (Å²) < 4.78 is 28.1. The number of hydrogen-bond acceptors (Lipinski definition) is 4. The van der Waals surface area contributed by atoms with Gasteiger partial charge in [-0.3, -0.25) is 4.79 Å². The summed E-state index contributed by atoms with van der Waals surface area (Å²) in [5.41, 5.74) is 1.65. The van der Waals surface area contributed by atoms with Crippen LogP contribution in [0.25, 0.3) is 0 Å². The van der Waals surface area contributed by atoms with Crippen LogP contribution in [0.5, 0.6) is 0 Å². The van der Waals surface area contributed by atoms with Gasteiger partial charge in [0.1, 0.15) is 0 Å². The van der Waals surface area contributed by atoms with Gasteiger partial charge < -0.3 is 4.90 Å². The molecule has 0 N–H and O–H groups in total. The quantitative estimate of drug-likeness (QED) is 0.704. The van der Waals surface area contributed by atoms with Crippen molar-refractivity contribution in [3.05, 3.63) is 29.3 Å². The Morgan fingerprint density at radius 3 is 2.28 bits per heavy atom. The minimum absolute atomic E-state index is 0.0201. The highest BCUT2D eigenvalue weighted by molar-refractivity contribution is 7.98. The van der Waals surface area contributed by atoms with Crippen molar-refractivity contribution in [3.63, 3.8) is 0 Å². The number of thioether (sulfide) groups is 1. The van der Waals surface area contributed by atoms with Crippen LogP contribution in [-0.4, -0.2) is 73.4 Å². The van der Waals surface area contributed by atoms with E-state index in [1.165, 1.54) is 8.61 Å². The topological polar surface area (TPSA) is 60.9 Å². The Morgan fingerprint density at radius 1 is 1.16 bits per heavy atom. The van der Waals surface area contributed by atoms with E-state index in [0.29, 0.717) is 44.8 Å². The van der Waals surface area contributed by atoms with E-state index in [-0.39, 0.29) is 5.91 Å². The van der Waals surface area contributed by atoms with E-state index in [9.17, 15) is 13.2 Å². The van der Waals surface area contributed by atoms with E-state index in [4.69, 9.17) is 0 Å². The number of carbonyl (C=O) groups excluding carboxylic acids is 1. The van der Waals surface area contributed by atoms with E-state index < -0.39 is 10.2 Å². The van der Waals surface area contributed by atoms with Crippen LogP contribution in [-0.2, 0) is 10.2 Å². The molecular formula is C17H27N3O3S2. The van der Waals surface area contributed by atoms with E-state index in [1.807, 2.05) is 45.2 Å². The average Bonchev–Trinajstić information content (AvgIpc) is 2.62. The van der Waals surface area contributed by atoms with E-state index in [2.05, 4.69) is 0 Å². The maximum absolute atomic E-state index is 12.8. The zero-order valence-corrected chi connectivity index (χ0v) is 17.0. The van der Waals surface area contributed by atoms with E-state index >= 15 is 0 Å². The highest BCUT2D eigenvalue weighted by Gasteiger charge is 2.32. The van der Waals surface area contributed by atoms with Gasteiger partial charge in [-0.05, 0) is 30.9 Å². The molecule has 25 heavy (non-hydrogen) atoms. The summed E-state index contributed by atoms with van der Waals surface area (Å²) in [6.07, 6.45) is 1.98. The van der Waals surface area contributed by atoms with Gasteiger partial charge in [0.25, 0.3) is 16.1 Å². The molecule has 0 bridgehead atoms. The maximum Gasteiger partial charge on any atom is 0.282 e. The van der Waals surface area contributed by atoms with Crippen LogP contribution in [0, 0.1) is 6.92 Å². The van der Waals surface area contributed by atoms with Gasteiger partial charge >= 0.3 is 0 Å². The lowest BCUT2D eigenvalue weighted by Gasteiger charge is -2.36. The van der Waals surface area contributed by atoms with Crippen LogP contribution in [0.3, 0.4) is 0 Å². The number of benzene rings is 1. The molecule has 8 heteroatoms. The van der Waals surface area contributed by atoms with Crippen molar-refractivity contribution in [3.8, 4) is 0 Å². The molecule has 0 radical (unpaired) electrons. The third kappa shape index (κ3) is 4.36. The van der Waals surface area contributed by atoms with E-state index in [0.717, 1.165) is 10.5 Å². The zero-order valence-electron chi connectivity index (χ0n) is 15.4. The predicted octanol–water partition coefficient (Wildman–Crippen LogP) is 2.06. The molecule has 0 aromatic heterocycles. The van der Waals surface area contributed by atoms with Crippen molar-refractivity contribution < 1.29 is 13.2 Å². The molecule has 0 saturated carbocycles. The lowest BCUT2D eigenvalue weighted by atomic mass is 10.1. The second kappa shape index (κ2) is 8.53. The number of piperazine rings is 1. The number of carbonyl (C=O) groups is 1. The number of amides is 1. The van der Waals surface area contributed by atoms with Crippen LogP contribution >= 0.6 is 11.8 Å². The third-order valence-corrected chi connectivity index (χ3v) is 7.47. The predicted molar refractivity (Wildman–Crippen MR) is 102 cm³/mol. The normalized spacial score (nSPS) is 16.4. The molecule has 1 aromatic carbocycles. The fraction of sp³-hybridized carbons (Fsp3) is 0.588. The molecule has 1 aliphatic rings. The Bertz CT molecular complexity index is 710. The number of aryl methyl sites for hydroxylation is 1. The van der Waals surface area contributed by atoms with E-state index in [1.54, 1.807) is 16.7 Å². The van der Waals surface area contributed by atoms with Crippen molar-refractivity contribution in [1.82, 2.24) is 13.5 Å². The molecule has 0 spiro atoms. The van der Waals surface area contributed by atoms with Gasteiger partial charge in [-0.2, -0.15) is 17.0 Å². The first-order valence-corrected chi connectivity index (χ1v) is 11.2. The Balaban J connectivity index is 2.08. The Kier molecular flexibility index (Phi) is 6.90. The molecule has 6 nitrogen and oxygen atoms in total. The first-order valence-electron chi connectivity index (χ1n) is 8.54. The molecule has 1 aromatic rings. The molecule has 1 saturated heterocycles. The van der Waals surface area contributed by atoms with Crippen molar-refractivity contribution >= 4 is 27.9 Å². The van der Waals surface area contributed by atoms with Gasteiger partial charge in [0.2, 0.25) is 0 Å². The van der Waals surface area contributed by atoms with Gasteiger partial charge in [0.05, 0.1) is 0 Å². The average molecular weight is 386 g/mol. The minimum Gasteiger partial charge on any atom is -0.336 e. The fourth-order valence-electron chi connectivity index (χ4n) is 2.96. The molecule has 140 valence electrons. The molecule has 0 aliphatic carbocycles. The molecule has 1 aliphatic heterocycles. The van der Waals surface area contributed by atoms with Crippen LogP contribution < -0.4 is 0 Å². The number of rotatable bonds is 6. The van der Waals surface area contributed by atoms with Crippen molar-refractivity contribution in [2.24, 2.45) is 0 Å². The molecule has 1 heterocycles. The summed E-state index contributed by atoms with van der Waals surface area (Å²) >= 11 is 1.60. The summed E-state index contributed by atoms with van der Waals surface area (Å²) in [5.74, 6) is -0.0201. The van der Waals surface area contributed by atoms with Gasteiger partial charge in [0.15, 0.2) is 0 Å². The minimum atomic E-state index is -3.43. The molecular weight excluding hydrogens is 358 g/mol.